The predicted octanol–water partition coefficient (Wildman–Crippen LogP) is 1.70. The second kappa shape index (κ2) is 3.36. The number of rotatable bonds is 1. The average molecular weight is 196 g/mol. The van der Waals surface area contributed by atoms with Gasteiger partial charge in [0.25, 0.3) is 0 Å². The lowest BCUT2D eigenvalue weighted by Gasteiger charge is -2.06. The van der Waals surface area contributed by atoms with Gasteiger partial charge in [-0.1, -0.05) is 0 Å². The van der Waals surface area contributed by atoms with Crippen LogP contribution < -0.4 is 5.32 Å². The molecule has 0 spiro atoms. The molecule has 14 heavy (non-hydrogen) atoms. The Labute approximate surface area is 80.7 Å². The van der Waals surface area contributed by atoms with Crippen LogP contribution in [0.2, 0.25) is 0 Å². The molecule has 2 rings (SSSR count). The first-order chi connectivity index (χ1) is 6.66. The lowest BCUT2D eigenvalue weighted by Crippen LogP contribution is -2.28. The second-order valence-corrected chi connectivity index (χ2v) is 3.36. The minimum atomic E-state index is -0.578. The van der Waals surface area contributed by atoms with Crippen LogP contribution in [0, 0.1) is 11.6 Å². The van der Waals surface area contributed by atoms with Gasteiger partial charge in [-0.05, 0) is 19.1 Å². The molecule has 1 aliphatic heterocycles. The van der Waals surface area contributed by atoms with E-state index in [2.05, 4.69) is 10.3 Å². The maximum absolute atomic E-state index is 13.3. The van der Waals surface area contributed by atoms with Crippen molar-refractivity contribution in [3.05, 3.63) is 35.4 Å². The quantitative estimate of drug-likeness (QED) is 0.726. The highest BCUT2D eigenvalue weighted by Gasteiger charge is 2.17. The molecule has 0 saturated carbocycles. The molecule has 2 nitrogen and oxygen atoms in total. The smallest absolute Gasteiger partial charge is 0.137 e. The number of hydrogen-bond acceptors (Lipinski definition) is 2. The molecule has 1 aromatic rings. The van der Waals surface area contributed by atoms with Crippen molar-refractivity contribution in [2.24, 2.45) is 4.99 Å². The van der Waals surface area contributed by atoms with Crippen LogP contribution in [0.3, 0.4) is 0 Å². The van der Waals surface area contributed by atoms with E-state index in [1.165, 1.54) is 12.1 Å². The summed E-state index contributed by atoms with van der Waals surface area (Å²) in [6.07, 6.45) is 0. The summed E-state index contributed by atoms with van der Waals surface area (Å²) in [6, 6.07) is 3.71. The molecule has 74 valence electrons. The van der Waals surface area contributed by atoms with Crippen molar-refractivity contribution in [3.63, 3.8) is 0 Å². The van der Waals surface area contributed by atoms with E-state index in [4.69, 9.17) is 0 Å². The molecule has 0 radical (unpaired) electrons. The zero-order chi connectivity index (χ0) is 10.1. The van der Waals surface area contributed by atoms with Gasteiger partial charge in [-0.25, -0.2) is 8.78 Å². The number of nitrogens with zero attached hydrogens (tertiary/aromatic N) is 1. The summed E-state index contributed by atoms with van der Waals surface area (Å²) < 4.78 is 25.9. The Morgan fingerprint density at radius 3 is 2.79 bits per heavy atom. The maximum atomic E-state index is 13.3. The van der Waals surface area contributed by atoms with Crippen molar-refractivity contribution in [1.29, 1.82) is 0 Å². The lowest BCUT2D eigenvalue weighted by molar-refractivity contribution is 0.581. The standard InChI is InChI=1S/C10H10F2N2/c1-6-5-13-10(14-6)8-3-2-7(11)4-9(8)12/h2-4,6H,5H2,1H3,(H,13,14). The van der Waals surface area contributed by atoms with Crippen molar-refractivity contribution in [2.75, 3.05) is 6.54 Å². The van der Waals surface area contributed by atoms with Crippen LogP contribution in [0.5, 0.6) is 0 Å². The van der Waals surface area contributed by atoms with Crippen LogP contribution >= 0.6 is 0 Å². The van der Waals surface area contributed by atoms with Gasteiger partial charge in [-0.15, -0.1) is 0 Å². The largest absolute Gasteiger partial charge is 0.365 e. The highest BCUT2D eigenvalue weighted by molar-refractivity contribution is 6.00. The molecule has 1 heterocycles. The summed E-state index contributed by atoms with van der Waals surface area (Å²) in [6.45, 7) is 2.59. The van der Waals surface area contributed by atoms with Crippen LogP contribution in [-0.2, 0) is 0 Å². The third-order valence-electron chi connectivity index (χ3n) is 2.09. The molecule has 1 unspecified atom stereocenters. The van der Waals surface area contributed by atoms with Gasteiger partial charge in [0.15, 0.2) is 0 Å². The first-order valence-corrected chi connectivity index (χ1v) is 4.43. The molecular formula is C10H10F2N2. The predicted molar refractivity (Wildman–Crippen MR) is 50.4 cm³/mol. The van der Waals surface area contributed by atoms with Crippen LogP contribution in [-0.4, -0.2) is 18.4 Å². The molecule has 0 bridgehead atoms. The lowest BCUT2D eigenvalue weighted by atomic mass is 10.2. The monoisotopic (exact) mass is 196 g/mol. The van der Waals surface area contributed by atoms with Gasteiger partial charge in [0.1, 0.15) is 17.5 Å². The highest BCUT2D eigenvalue weighted by Crippen LogP contribution is 2.12. The Morgan fingerprint density at radius 2 is 2.21 bits per heavy atom. The SMILES string of the molecule is CC1CN=C(c2ccc(F)cc2F)N1. The summed E-state index contributed by atoms with van der Waals surface area (Å²) >= 11 is 0. The average Bonchev–Trinajstić information content (AvgIpc) is 2.51. The third kappa shape index (κ3) is 1.60. The Bertz CT molecular complexity index is 388. The van der Waals surface area contributed by atoms with Gasteiger partial charge in [-0.3, -0.25) is 4.99 Å². The number of amidine groups is 1. The Kier molecular flexibility index (Phi) is 2.19. The third-order valence-corrected chi connectivity index (χ3v) is 2.09. The van der Waals surface area contributed by atoms with E-state index in [-0.39, 0.29) is 6.04 Å². The molecule has 1 atom stereocenters. The van der Waals surface area contributed by atoms with Crippen LogP contribution in [0.25, 0.3) is 0 Å². The first kappa shape index (κ1) is 9.12. The fourth-order valence-electron chi connectivity index (χ4n) is 1.40. The van der Waals surface area contributed by atoms with Gasteiger partial charge in [0, 0.05) is 12.1 Å². The van der Waals surface area contributed by atoms with Crippen LogP contribution in [0.1, 0.15) is 12.5 Å². The van der Waals surface area contributed by atoms with Crippen molar-refractivity contribution < 1.29 is 8.78 Å². The summed E-state index contributed by atoms with van der Waals surface area (Å²) in [5.74, 6) is -0.641. The summed E-state index contributed by atoms with van der Waals surface area (Å²) in [5.41, 5.74) is 0.329. The van der Waals surface area contributed by atoms with Gasteiger partial charge < -0.3 is 5.32 Å². The number of benzene rings is 1. The second-order valence-electron chi connectivity index (χ2n) is 3.36. The summed E-state index contributed by atoms with van der Waals surface area (Å²) in [7, 11) is 0. The highest BCUT2D eigenvalue weighted by atomic mass is 19.1. The zero-order valence-electron chi connectivity index (χ0n) is 7.72. The number of halogens is 2. The Balaban J connectivity index is 2.33. The first-order valence-electron chi connectivity index (χ1n) is 4.43. The zero-order valence-corrected chi connectivity index (χ0v) is 7.72. The van der Waals surface area contributed by atoms with Crippen molar-refractivity contribution in [3.8, 4) is 0 Å². The van der Waals surface area contributed by atoms with Crippen molar-refractivity contribution in [2.45, 2.75) is 13.0 Å². The summed E-state index contributed by atoms with van der Waals surface area (Å²) in [5, 5.41) is 3.02. The van der Waals surface area contributed by atoms with E-state index < -0.39 is 11.6 Å². The molecule has 1 N–H and O–H groups in total. The van der Waals surface area contributed by atoms with Crippen molar-refractivity contribution in [1.82, 2.24) is 5.32 Å². The topological polar surface area (TPSA) is 24.4 Å². The van der Waals surface area contributed by atoms with E-state index in [1.807, 2.05) is 6.92 Å². The van der Waals surface area contributed by atoms with Crippen molar-refractivity contribution >= 4 is 5.84 Å². The van der Waals surface area contributed by atoms with E-state index in [0.29, 0.717) is 17.9 Å². The molecule has 1 aromatic carbocycles. The van der Waals surface area contributed by atoms with E-state index in [0.717, 1.165) is 6.07 Å². The minimum absolute atomic E-state index is 0.217. The van der Waals surface area contributed by atoms with Gasteiger partial charge in [0.2, 0.25) is 0 Å². The fourth-order valence-corrected chi connectivity index (χ4v) is 1.40. The molecule has 0 fully saturated rings. The molecule has 0 amide bonds. The van der Waals surface area contributed by atoms with E-state index >= 15 is 0 Å². The number of aliphatic imine (C=N–C) groups is 1. The maximum Gasteiger partial charge on any atom is 0.137 e. The van der Waals surface area contributed by atoms with Gasteiger partial charge in [0.05, 0.1) is 12.1 Å². The Hall–Kier alpha value is -1.45. The summed E-state index contributed by atoms with van der Waals surface area (Å²) in [4.78, 5) is 4.12. The molecule has 0 aromatic heterocycles. The normalized spacial score (nSPS) is 20.5. The van der Waals surface area contributed by atoms with Crippen LogP contribution in [0.15, 0.2) is 23.2 Å². The van der Waals surface area contributed by atoms with E-state index in [1.54, 1.807) is 0 Å². The van der Waals surface area contributed by atoms with Crippen LogP contribution in [0.4, 0.5) is 8.78 Å². The van der Waals surface area contributed by atoms with E-state index in [9.17, 15) is 8.78 Å². The molecule has 0 saturated heterocycles. The minimum Gasteiger partial charge on any atom is -0.365 e. The molecule has 4 heteroatoms. The fraction of sp³-hybridized carbons (Fsp3) is 0.300. The van der Waals surface area contributed by atoms with Gasteiger partial charge >= 0.3 is 0 Å². The molecular weight excluding hydrogens is 186 g/mol. The van der Waals surface area contributed by atoms with Gasteiger partial charge in [-0.2, -0.15) is 0 Å². The molecule has 1 aliphatic rings. The Morgan fingerprint density at radius 1 is 1.43 bits per heavy atom. The number of hydrogen-bond donors (Lipinski definition) is 1. The number of nitrogens with one attached hydrogen (secondary N) is 1. The molecule has 0 aliphatic carbocycles.